The molecule has 5 nitrogen and oxygen atoms in total. The molecule has 1 heterocycles. The fourth-order valence-corrected chi connectivity index (χ4v) is 1.52. The maximum absolute atomic E-state index is 3.85. The molecule has 0 aliphatic heterocycles. The summed E-state index contributed by atoms with van der Waals surface area (Å²) in [7, 11) is 1.83. The van der Waals surface area contributed by atoms with Crippen LogP contribution in [0.5, 0.6) is 0 Å². The number of hydrogen-bond donors (Lipinski definition) is 1. The van der Waals surface area contributed by atoms with E-state index < -0.39 is 0 Å². The van der Waals surface area contributed by atoms with Gasteiger partial charge in [0.25, 0.3) is 0 Å². The van der Waals surface area contributed by atoms with Gasteiger partial charge in [0.1, 0.15) is 0 Å². The lowest BCUT2D eigenvalue weighted by molar-refractivity contribution is 0.571. The topological polar surface area (TPSA) is 55.6 Å². The zero-order chi connectivity index (χ0) is 9.47. The molecule has 1 saturated carbocycles. The predicted molar refractivity (Wildman–Crippen MR) is 49.2 cm³/mol. The van der Waals surface area contributed by atoms with E-state index in [1.54, 1.807) is 4.68 Å². The Labute approximate surface area is 77.5 Å². The minimum Gasteiger partial charge on any atom is -0.353 e. The first-order valence-electron chi connectivity index (χ1n) is 4.56. The van der Waals surface area contributed by atoms with Gasteiger partial charge in [0.05, 0.1) is 0 Å². The molecule has 13 heavy (non-hydrogen) atoms. The lowest BCUT2D eigenvalue weighted by atomic mass is 10.1. The summed E-state index contributed by atoms with van der Waals surface area (Å²) in [6.07, 6.45) is 1.30. The average Bonchev–Trinajstić information content (AvgIpc) is 2.47. The van der Waals surface area contributed by atoms with Gasteiger partial charge in [-0.3, -0.25) is 0 Å². The quantitative estimate of drug-likeness (QED) is 0.744. The molecule has 1 aromatic rings. The number of hydrogen-bond acceptors (Lipinski definition) is 4. The summed E-state index contributed by atoms with van der Waals surface area (Å²) in [6.45, 7) is 5.55. The van der Waals surface area contributed by atoms with Crippen molar-refractivity contribution in [2.45, 2.75) is 20.3 Å². The van der Waals surface area contributed by atoms with E-state index in [-0.39, 0.29) is 0 Å². The van der Waals surface area contributed by atoms with Gasteiger partial charge in [-0.15, -0.1) is 0 Å². The molecule has 1 aliphatic carbocycles. The number of tetrazole rings is 1. The van der Waals surface area contributed by atoms with Crippen LogP contribution in [0.3, 0.4) is 0 Å². The van der Waals surface area contributed by atoms with Gasteiger partial charge >= 0.3 is 0 Å². The summed E-state index contributed by atoms with van der Waals surface area (Å²) in [5.41, 5.74) is 0.513. The Morgan fingerprint density at radius 1 is 1.62 bits per heavy atom. The van der Waals surface area contributed by atoms with Crippen LogP contribution in [0.25, 0.3) is 0 Å². The molecule has 1 fully saturated rings. The summed E-state index contributed by atoms with van der Waals surface area (Å²) in [5.74, 6) is 1.52. The van der Waals surface area contributed by atoms with Crippen molar-refractivity contribution in [3.8, 4) is 0 Å². The number of rotatable bonds is 3. The van der Waals surface area contributed by atoms with Crippen LogP contribution in [0, 0.1) is 11.3 Å². The second-order valence-electron chi connectivity index (χ2n) is 4.40. The number of aryl methyl sites for hydroxylation is 1. The highest BCUT2D eigenvalue weighted by molar-refractivity contribution is 5.22. The first-order valence-corrected chi connectivity index (χ1v) is 4.56. The molecule has 5 heteroatoms. The number of aromatic nitrogens is 4. The van der Waals surface area contributed by atoms with E-state index >= 15 is 0 Å². The van der Waals surface area contributed by atoms with Crippen molar-refractivity contribution < 1.29 is 0 Å². The molecule has 0 saturated heterocycles. The minimum absolute atomic E-state index is 0.513. The van der Waals surface area contributed by atoms with Crippen LogP contribution in [0.15, 0.2) is 0 Å². The molecule has 1 aromatic heterocycles. The molecule has 0 spiro atoms. The Balaban J connectivity index is 1.85. The zero-order valence-corrected chi connectivity index (χ0v) is 8.28. The van der Waals surface area contributed by atoms with Crippen LogP contribution in [-0.4, -0.2) is 26.8 Å². The molecule has 0 aromatic carbocycles. The molecule has 1 unspecified atom stereocenters. The van der Waals surface area contributed by atoms with E-state index in [0.717, 1.165) is 18.4 Å². The third kappa shape index (κ3) is 1.64. The molecule has 0 bridgehead atoms. The van der Waals surface area contributed by atoms with Crippen LogP contribution < -0.4 is 5.32 Å². The number of nitrogens with zero attached hydrogens (tertiary/aromatic N) is 4. The van der Waals surface area contributed by atoms with Crippen molar-refractivity contribution in [3.63, 3.8) is 0 Å². The Hall–Kier alpha value is -1.13. The maximum Gasteiger partial charge on any atom is 0.242 e. The van der Waals surface area contributed by atoms with Crippen molar-refractivity contribution in [1.29, 1.82) is 0 Å². The van der Waals surface area contributed by atoms with Crippen LogP contribution in [0.1, 0.15) is 20.3 Å². The third-order valence-electron chi connectivity index (χ3n) is 2.84. The monoisotopic (exact) mass is 181 g/mol. The molecular formula is C8H15N5. The van der Waals surface area contributed by atoms with Gasteiger partial charge < -0.3 is 5.32 Å². The third-order valence-corrected chi connectivity index (χ3v) is 2.84. The molecule has 1 aliphatic rings. The molecule has 0 amide bonds. The largest absolute Gasteiger partial charge is 0.353 e. The first-order chi connectivity index (χ1) is 6.09. The van der Waals surface area contributed by atoms with Gasteiger partial charge in [0, 0.05) is 13.6 Å². The highest BCUT2D eigenvalue weighted by atomic mass is 15.6. The van der Waals surface area contributed by atoms with E-state index in [9.17, 15) is 0 Å². The second-order valence-corrected chi connectivity index (χ2v) is 4.40. The zero-order valence-electron chi connectivity index (χ0n) is 8.28. The van der Waals surface area contributed by atoms with E-state index in [0.29, 0.717) is 5.41 Å². The van der Waals surface area contributed by atoms with Gasteiger partial charge in [-0.25, -0.2) is 4.68 Å². The lowest BCUT2D eigenvalue weighted by Gasteiger charge is -2.04. The molecule has 72 valence electrons. The molecule has 1 atom stereocenters. The van der Waals surface area contributed by atoms with E-state index in [4.69, 9.17) is 0 Å². The standard InChI is InChI=1S/C8H15N5/c1-8(2)4-6(8)5-9-7-10-11-12-13(7)3/h6H,4-5H2,1-3H3,(H,9,10,12). The summed E-state index contributed by atoms with van der Waals surface area (Å²) in [6, 6.07) is 0. The normalized spacial score (nSPS) is 24.4. The van der Waals surface area contributed by atoms with Crippen molar-refractivity contribution in [3.05, 3.63) is 0 Å². The fraction of sp³-hybridized carbons (Fsp3) is 0.875. The van der Waals surface area contributed by atoms with E-state index in [1.807, 2.05) is 7.05 Å². The van der Waals surface area contributed by atoms with Crippen molar-refractivity contribution in [2.24, 2.45) is 18.4 Å². The summed E-state index contributed by atoms with van der Waals surface area (Å²) < 4.78 is 1.65. The Kier molecular flexibility index (Phi) is 1.75. The molecule has 0 radical (unpaired) electrons. The van der Waals surface area contributed by atoms with Crippen LogP contribution >= 0.6 is 0 Å². The second kappa shape index (κ2) is 2.68. The van der Waals surface area contributed by atoms with Crippen molar-refractivity contribution >= 4 is 5.95 Å². The summed E-state index contributed by atoms with van der Waals surface area (Å²) in [4.78, 5) is 0. The molecule has 2 rings (SSSR count). The lowest BCUT2D eigenvalue weighted by Crippen LogP contribution is -2.11. The fourth-order valence-electron chi connectivity index (χ4n) is 1.52. The highest BCUT2D eigenvalue weighted by Crippen LogP contribution is 2.51. The van der Waals surface area contributed by atoms with E-state index in [2.05, 4.69) is 34.7 Å². The Morgan fingerprint density at radius 2 is 2.31 bits per heavy atom. The van der Waals surface area contributed by atoms with Crippen molar-refractivity contribution in [2.75, 3.05) is 11.9 Å². The highest BCUT2D eigenvalue weighted by Gasteiger charge is 2.45. The first kappa shape index (κ1) is 8.47. The van der Waals surface area contributed by atoms with Gasteiger partial charge in [0.15, 0.2) is 0 Å². The van der Waals surface area contributed by atoms with Gasteiger partial charge in [-0.1, -0.05) is 18.9 Å². The number of nitrogens with one attached hydrogen (secondary N) is 1. The minimum atomic E-state index is 0.513. The maximum atomic E-state index is 3.85. The molecular weight excluding hydrogens is 166 g/mol. The predicted octanol–water partition coefficient (Wildman–Crippen LogP) is 0.668. The SMILES string of the molecule is Cn1nnnc1NCC1CC1(C)C. The van der Waals surface area contributed by atoms with Crippen molar-refractivity contribution in [1.82, 2.24) is 20.2 Å². The van der Waals surface area contributed by atoms with E-state index in [1.165, 1.54) is 6.42 Å². The van der Waals surface area contributed by atoms with Crippen LogP contribution in [0.4, 0.5) is 5.95 Å². The van der Waals surface area contributed by atoms with Gasteiger partial charge in [-0.05, 0) is 28.2 Å². The van der Waals surface area contributed by atoms with Crippen LogP contribution in [-0.2, 0) is 7.05 Å². The summed E-state index contributed by atoms with van der Waals surface area (Å²) in [5, 5.41) is 14.4. The van der Waals surface area contributed by atoms with Gasteiger partial charge in [0.2, 0.25) is 5.95 Å². The Morgan fingerprint density at radius 3 is 2.77 bits per heavy atom. The molecule has 1 N–H and O–H groups in total. The number of anilines is 1. The average molecular weight is 181 g/mol. The van der Waals surface area contributed by atoms with Gasteiger partial charge in [-0.2, -0.15) is 0 Å². The Bertz CT molecular complexity index is 303. The smallest absolute Gasteiger partial charge is 0.242 e. The summed E-state index contributed by atoms with van der Waals surface area (Å²) >= 11 is 0. The van der Waals surface area contributed by atoms with Crippen LogP contribution in [0.2, 0.25) is 0 Å².